The second kappa shape index (κ2) is 3.21. The lowest BCUT2D eigenvalue weighted by Crippen LogP contribution is -2.61. The molecule has 1 atom stereocenters. The minimum atomic E-state index is -0.456. The maximum Gasteiger partial charge on any atom is 0.136 e. The summed E-state index contributed by atoms with van der Waals surface area (Å²) in [6.45, 7) is 12.3. The molecule has 0 radical (unpaired) electrons. The largest absolute Gasteiger partial charge is 0.375 e. The Morgan fingerprint density at radius 2 is 2.24 bits per heavy atom. The van der Waals surface area contributed by atoms with Crippen LogP contribution < -0.4 is 0 Å². The number of ether oxygens (including phenoxy) is 2. The Kier molecular flexibility index (Phi) is 2.07. The van der Waals surface area contributed by atoms with Crippen LogP contribution in [0, 0.1) is 6.92 Å². The van der Waals surface area contributed by atoms with Gasteiger partial charge < -0.3 is 9.47 Å². The molecule has 0 bridgehead atoms. The van der Waals surface area contributed by atoms with E-state index in [1.54, 1.807) is 0 Å². The van der Waals surface area contributed by atoms with Crippen LogP contribution in [-0.4, -0.2) is 28.6 Å². The lowest BCUT2D eigenvalue weighted by atomic mass is 9.86. The Bertz CT molecular complexity index is 488. The van der Waals surface area contributed by atoms with E-state index in [2.05, 4.69) is 30.2 Å². The lowest BCUT2D eigenvalue weighted by Gasteiger charge is -2.51. The molecule has 0 saturated carbocycles. The fraction of sp³-hybridized carbons (Fsp3) is 0.615. The van der Waals surface area contributed by atoms with E-state index < -0.39 is 5.60 Å². The van der Waals surface area contributed by atoms with Crippen LogP contribution in [0.25, 0.3) is 0 Å². The van der Waals surface area contributed by atoms with Gasteiger partial charge >= 0.3 is 0 Å². The van der Waals surface area contributed by atoms with Gasteiger partial charge in [0.15, 0.2) is 0 Å². The van der Waals surface area contributed by atoms with Crippen LogP contribution in [-0.2, 0) is 21.6 Å². The predicted octanol–water partition coefficient (Wildman–Crippen LogP) is 1.78. The molecule has 2 aliphatic rings. The van der Waals surface area contributed by atoms with E-state index in [9.17, 15) is 0 Å². The van der Waals surface area contributed by atoms with Gasteiger partial charge in [0.05, 0.1) is 31.6 Å². The highest BCUT2D eigenvalue weighted by atomic mass is 16.6. The third-order valence-corrected chi connectivity index (χ3v) is 3.88. The molecular weight excluding hydrogens is 216 g/mol. The number of fused-ring (bicyclic) bond motifs is 1. The number of aryl methyl sites for hydroxylation is 1. The van der Waals surface area contributed by atoms with Crippen molar-refractivity contribution < 1.29 is 9.47 Å². The molecule has 3 rings (SSSR count). The number of hydrogen-bond donors (Lipinski definition) is 0. The molecule has 4 nitrogen and oxygen atoms in total. The van der Waals surface area contributed by atoms with Crippen LogP contribution in [0.4, 0.5) is 0 Å². The average Bonchev–Trinajstić information content (AvgIpc) is 2.58. The molecule has 4 heteroatoms. The zero-order chi connectivity index (χ0) is 12.3. The zero-order valence-corrected chi connectivity index (χ0v) is 10.6. The highest BCUT2D eigenvalue weighted by Gasteiger charge is 2.52. The Morgan fingerprint density at radius 1 is 1.53 bits per heavy atom. The van der Waals surface area contributed by atoms with Crippen molar-refractivity contribution in [2.45, 2.75) is 38.5 Å². The first-order valence-electron chi connectivity index (χ1n) is 5.94. The third kappa shape index (κ3) is 1.34. The van der Waals surface area contributed by atoms with Crippen LogP contribution in [0.3, 0.4) is 0 Å². The van der Waals surface area contributed by atoms with Gasteiger partial charge in [0.1, 0.15) is 11.2 Å². The van der Waals surface area contributed by atoms with Crippen molar-refractivity contribution >= 4 is 0 Å². The first-order chi connectivity index (χ1) is 7.97. The zero-order valence-electron chi connectivity index (χ0n) is 10.6. The van der Waals surface area contributed by atoms with Crippen molar-refractivity contribution in [3.63, 3.8) is 0 Å². The summed E-state index contributed by atoms with van der Waals surface area (Å²) in [6, 6.07) is 0. The van der Waals surface area contributed by atoms with Gasteiger partial charge in [-0.25, -0.2) is 0 Å². The Balaban J connectivity index is 2.14. The van der Waals surface area contributed by atoms with Gasteiger partial charge in [-0.05, 0) is 31.9 Å². The van der Waals surface area contributed by atoms with Gasteiger partial charge in [0.25, 0.3) is 0 Å². The molecule has 92 valence electrons. The van der Waals surface area contributed by atoms with Crippen molar-refractivity contribution in [3.05, 3.63) is 29.6 Å². The van der Waals surface area contributed by atoms with Crippen molar-refractivity contribution in [1.29, 1.82) is 0 Å². The van der Waals surface area contributed by atoms with Crippen LogP contribution in [0.2, 0.25) is 0 Å². The molecule has 1 aromatic heterocycles. The standard InChI is InChI=1S/C13H18N2O2/c1-9(2)12(4)11-10(3)5-14-15(11)6-13(17-12)7-16-8-13/h5H,1,6-8H2,2-4H3. The van der Waals surface area contributed by atoms with Gasteiger partial charge in [0.2, 0.25) is 0 Å². The normalized spacial score (nSPS) is 29.8. The van der Waals surface area contributed by atoms with E-state index in [1.165, 1.54) is 0 Å². The van der Waals surface area contributed by atoms with Crippen LogP contribution in [0.5, 0.6) is 0 Å². The summed E-state index contributed by atoms with van der Waals surface area (Å²) >= 11 is 0. The first-order valence-corrected chi connectivity index (χ1v) is 5.94. The van der Waals surface area contributed by atoms with E-state index in [1.807, 2.05) is 13.1 Å². The van der Waals surface area contributed by atoms with Crippen molar-refractivity contribution in [3.8, 4) is 0 Å². The summed E-state index contributed by atoms with van der Waals surface area (Å²) in [5.74, 6) is 0. The molecule has 1 saturated heterocycles. The third-order valence-electron chi connectivity index (χ3n) is 3.88. The van der Waals surface area contributed by atoms with Crippen molar-refractivity contribution in [2.24, 2.45) is 0 Å². The molecule has 1 unspecified atom stereocenters. The van der Waals surface area contributed by atoms with E-state index in [0.29, 0.717) is 13.2 Å². The molecule has 0 aromatic carbocycles. The SMILES string of the molecule is C=C(C)C1(C)OC2(COC2)Cn2ncc(C)c21. The van der Waals surface area contributed by atoms with Crippen molar-refractivity contribution in [2.75, 3.05) is 13.2 Å². The van der Waals surface area contributed by atoms with Crippen LogP contribution in [0.1, 0.15) is 25.1 Å². The molecule has 1 aromatic rings. The van der Waals surface area contributed by atoms with Gasteiger partial charge in [-0.15, -0.1) is 0 Å². The fourth-order valence-corrected chi connectivity index (χ4v) is 2.78. The highest BCUT2D eigenvalue weighted by Crippen LogP contribution is 2.44. The first kappa shape index (κ1) is 11.0. The van der Waals surface area contributed by atoms with E-state index in [-0.39, 0.29) is 5.60 Å². The Labute approximate surface area is 101 Å². The predicted molar refractivity (Wildman–Crippen MR) is 63.8 cm³/mol. The highest BCUT2D eigenvalue weighted by molar-refractivity contribution is 5.33. The lowest BCUT2D eigenvalue weighted by molar-refractivity contribution is -0.272. The van der Waals surface area contributed by atoms with Crippen LogP contribution >= 0.6 is 0 Å². The fourth-order valence-electron chi connectivity index (χ4n) is 2.78. The Hall–Kier alpha value is -1.13. The summed E-state index contributed by atoms with van der Waals surface area (Å²) in [7, 11) is 0. The van der Waals surface area contributed by atoms with Crippen molar-refractivity contribution in [1.82, 2.24) is 9.78 Å². The monoisotopic (exact) mass is 234 g/mol. The van der Waals surface area contributed by atoms with Gasteiger partial charge in [-0.1, -0.05) is 6.58 Å². The van der Waals surface area contributed by atoms with Crippen LogP contribution in [0.15, 0.2) is 18.3 Å². The molecule has 3 heterocycles. The quantitative estimate of drug-likeness (QED) is 0.695. The molecule has 17 heavy (non-hydrogen) atoms. The molecule has 2 aliphatic heterocycles. The minimum Gasteiger partial charge on any atom is -0.375 e. The molecular formula is C13H18N2O2. The maximum absolute atomic E-state index is 6.34. The number of aromatic nitrogens is 2. The summed E-state index contributed by atoms with van der Waals surface area (Å²) in [4.78, 5) is 0. The summed E-state index contributed by atoms with van der Waals surface area (Å²) in [5, 5.41) is 4.45. The van der Waals surface area contributed by atoms with E-state index in [4.69, 9.17) is 9.47 Å². The molecule has 0 amide bonds. The maximum atomic E-state index is 6.34. The Morgan fingerprint density at radius 3 is 2.76 bits per heavy atom. The molecule has 1 fully saturated rings. The van der Waals surface area contributed by atoms with Gasteiger partial charge in [0, 0.05) is 0 Å². The van der Waals surface area contributed by atoms with Gasteiger partial charge in [-0.2, -0.15) is 5.10 Å². The second-order valence-corrected chi connectivity index (χ2v) is 5.43. The molecule has 1 spiro atoms. The number of hydrogen-bond acceptors (Lipinski definition) is 3. The van der Waals surface area contributed by atoms with E-state index in [0.717, 1.165) is 23.4 Å². The van der Waals surface area contributed by atoms with E-state index >= 15 is 0 Å². The summed E-state index contributed by atoms with van der Waals surface area (Å²) < 4.78 is 13.7. The molecule has 0 N–H and O–H groups in total. The summed E-state index contributed by atoms with van der Waals surface area (Å²) in [5.41, 5.74) is 2.63. The molecule has 0 aliphatic carbocycles. The smallest absolute Gasteiger partial charge is 0.136 e. The average molecular weight is 234 g/mol. The number of rotatable bonds is 1. The van der Waals surface area contributed by atoms with Gasteiger partial charge in [-0.3, -0.25) is 4.68 Å². The minimum absolute atomic E-state index is 0.209. The summed E-state index contributed by atoms with van der Waals surface area (Å²) in [6.07, 6.45) is 1.90. The topological polar surface area (TPSA) is 36.3 Å². The number of nitrogens with zero attached hydrogens (tertiary/aromatic N) is 2. The second-order valence-electron chi connectivity index (χ2n) is 5.43.